The summed E-state index contributed by atoms with van der Waals surface area (Å²) in [5.74, 6) is -2.94. The molecule has 0 aromatic heterocycles. The van der Waals surface area contributed by atoms with Gasteiger partial charge in [0, 0.05) is 13.1 Å². The topological polar surface area (TPSA) is 78.9 Å². The molecule has 1 aliphatic heterocycles. The molecular weight excluding hydrogens is 275 g/mol. The molecule has 1 heterocycles. The van der Waals surface area contributed by atoms with Gasteiger partial charge in [0.15, 0.2) is 5.84 Å². The zero-order chi connectivity index (χ0) is 15.5. The van der Waals surface area contributed by atoms with Gasteiger partial charge < -0.3 is 15.8 Å². The molecule has 1 fully saturated rings. The van der Waals surface area contributed by atoms with E-state index in [9.17, 15) is 18.0 Å². The van der Waals surface area contributed by atoms with Crippen molar-refractivity contribution >= 4 is 11.7 Å². The quantitative estimate of drug-likeness (QED) is 0.361. The highest BCUT2D eigenvalue weighted by molar-refractivity contribution is 6.02. The number of likely N-dealkylation sites (tertiary alicyclic amines) is 1. The number of nitrogens with two attached hydrogens (primary N) is 1. The Kier molecular flexibility index (Phi) is 5.24. The van der Waals surface area contributed by atoms with Crippen LogP contribution in [0, 0.1) is 17.8 Å². The molecule has 1 atom stereocenters. The van der Waals surface area contributed by atoms with E-state index >= 15 is 0 Å². The number of carbonyl (C=O) groups is 1. The van der Waals surface area contributed by atoms with Gasteiger partial charge in [0.2, 0.25) is 5.91 Å². The largest absolute Gasteiger partial charge is 0.409 e. The summed E-state index contributed by atoms with van der Waals surface area (Å²) in [5.41, 5.74) is 5.49. The molecule has 1 rings (SSSR count). The summed E-state index contributed by atoms with van der Waals surface area (Å²) >= 11 is 0. The first kappa shape index (κ1) is 16.6. The minimum Gasteiger partial charge on any atom is -0.409 e. The monoisotopic (exact) mass is 295 g/mol. The number of rotatable bonds is 3. The molecule has 0 aromatic rings. The minimum absolute atomic E-state index is 0.0466. The summed E-state index contributed by atoms with van der Waals surface area (Å²) in [7, 11) is 0. The first-order valence-corrected chi connectivity index (χ1v) is 6.51. The number of oxime groups is 1. The van der Waals surface area contributed by atoms with E-state index in [4.69, 9.17) is 10.9 Å². The van der Waals surface area contributed by atoms with E-state index in [2.05, 4.69) is 5.16 Å². The maximum atomic E-state index is 12.6. The fourth-order valence-corrected chi connectivity index (χ4v) is 2.44. The van der Waals surface area contributed by atoms with E-state index in [1.807, 2.05) is 0 Å². The number of hydrogen-bond donors (Lipinski definition) is 2. The second kappa shape index (κ2) is 6.32. The molecule has 0 spiro atoms. The molecule has 0 saturated carbocycles. The normalized spacial score (nSPS) is 20.3. The Bertz CT molecular complexity index is 375. The summed E-state index contributed by atoms with van der Waals surface area (Å²) in [6.45, 7) is 3.57. The van der Waals surface area contributed by atoms with Crippen molar-refractivity contribution in [3.8, 4) is 0 Å². The van der Waals surface area contributed by atoms with E-state index in [0.29, 0.717) is 0 Å². The van der Waals surface area contributed by atoms with E-state index < -0.39 is 18.0 Å². The van der Waals surface area contributed by atoms with Gasteiger partial charge in [-0.2, -0.15) is 13.2 Å². The highest BCUT2D eigenvalue weighted by Crippen LogP contribution is 2.34. The molecule has 116 valence electrons. The molecule has 1 saturated heterocycles. The van der Waals surface area contributed by atoms with Gasteiger partial charge in [0.1, 0.15) is 5.92 Å². The Morgan fingerprint density at radius 1 is 1.35 bits per heavy atom. The lowest BCUT2D eigenvalue weighted by Gasteiger charge is -2.35. The van der Waals surface area contributed by atoms with Crippen LogP contribution < -0.4 is 5.73 Å². The van der Waals surface area contributed by atoms with Gasteiger partial charge in [-0.1, -0.05) is 19.0 Å². The van der Waals surface area contributed by atoms with Crippen molar-refractivity contribution in [2.75, 3.05) is 13.1 Å². The molecule has 1 unspecified atom stereocenters. The average Bonchev–Trinajstić information content (AvgIpc) is 2.37. The molecule has 1 aliphatic rings. The SMILES string of the molecule is CC(C)C(C(=O)N1CCC(C(F)(F)F)CC1)C(N)=NO. The van der Waals surface area contributed by atoms with Gasteiger partial charge in [-0.05, 0) is 18.8 Å². The molecule has 0 radical (unpaired) electrons. The van der Waals surface area contributed by atoms with Gasteiger partial charge >= 0.3 is 6.18 Å². The molecule has 8 heteroatoms. The van der Waals surface area contributed by atoms with Crippen LogP contribution in [0.1, 0.15) is 26.7 Å². The summed E-state index contributed by atoms with van der Waals surface area (Å²) in [5, 5.41) is 11.5. The van der Waals surface area contributed by atoms with Crippen molar-refractivity contribution in [2.45, 2.75) is 32.9 Å². The zero-order valence-electron chi connectivity index (χ0n) is 11.5. The third-order valence-corrected chi connectivity index (χ3v) is 3.64. The van der Waals surface area contributed by atoms with Crippen molar-refractivity contribution in [3.63, 3.8) is 0 Å². The van der Waals surface area contributed by atoms with E-state index in [1.54, 1.807) is 13.8 Å². The van der Waals surface area contributed by atoms with Gasteiger partial charge in [-0.3, -0.25) is 4.79 Å². The van der Waals surface area contributed by atoms with Gasteiger partial charge in [-0.15, -0.1) is 0 Å². The second-order valence-corrected chi connectivity index (χ2v) is 5.39. The Hall–Kier alpha value is -1.47. The highest BCUT2D eigenvalue weighted by atomic mass is 19.4. The minimum atomic E-state index is -4.21. The van der Waals surface area contributed by atoms with Crippen molar-refractivity contribution in [1.82, 2.24) is 4.90 Å². The third-order valence-electron chi connectivity index (χ3n) is 3.64. The molecule has 3 N–H and O–H groups in total. The first-order valence-electron chi connectivity index (χ1n) is 6.51. The number of hydrogen-bond acceptors (Lipinski definition) is 3. The van der Waals surface area contributed by atoms with Crippen LogP contribution in [-0.4, -0.2) is 41.1 Å². The first-order chi connectivity index (χ1) is 9.18. The van der Waals surface area contributed by atoms with Crippen LogP contribution in [0.5, 0.6) is 0 Å². The molecule has 5 nitrogen and oxygen atoms in total. The van der Waals surface area contributed by atoms with Crippen molar-refractivity contribution in [1.29, 1.82) is 0 Å². The maximum Gasteiger partial charge on any atom is 0.391 e. The molecule has 0 bridgehead atoms. The number of halogens is 3. The average molecular weight is 295 g/mol. The Balaban J connectivity index is 2.70. The van der Waals surface area contributed by atoms with Crippen LogP contribution in [0.25, 0.3) is 0 Å². The predicted octanol–water partition coefficient (Wildman–Crippen LogP) is 1.81. The Labute approximate surface area is 115 Å². The Morgan fingerprint density at radius 2 is 1.85 bits per heavy atom. The number of amides is 1. The van der Waals surface area contributed by atoms with Crippen molar-refractivity contribution in [2.24, 2.45) is 28.6 Å². The van der Waals surface area contributed by atoms with Crippen LogP contribution in [0.15, 0.2) is 5.16 Å². The Morgan fingerprint density at radius 3 is 2.20 bits per heavy atom. The van der Waals surface area contributed by atoms with Crippen molar-refractivity contribution < 1.29 is 23.2 Å². The third kappa shape index (κ3) is 3.77. The van der Waals surface area contributed by atoms with E-state index in [0.717, 1.165) is 0 Å². The number of carbonyl (C=O) groups excluding carboxylic acids is 1. The number of nitrogens with zero attached hydrogens (tertiary/aromatic N) is 2. The standard InChI is InChI=1S/C12H20F3N3O2/c1-7(2)9(10(16)17-20)11(19)18-5-3-8(4-6-18)12(13,14)15/h7-9,20H,3-6H2,1-2H3,(H2,16,17). The summed E-state index contributed by atoms with van der Waals surface area (Å²) < 4.78 is 37.7. The van der Waals surface area contributed by atoms with Crippen molar-refractivity contribution in [3.05, 3.63) is 0 Å². The van der Waals surface area contributed by atoms with Crippen LogP contribution in [-0.2, 0) is 4.79 Å². The highest BCUT2D eigenvalue weighted by Gasteiger charge is 2.42. The zero-order valence-corrected chi connectivity index (χ0v) is 11.5. The summed E-state index contributed by atoms with van der Waals surface area (Å²) in [6, 6.07) is 0. The summed E-state index contributed by atoms with van der Waals surface area (Å²) in [6.07, 6.45) is -4.41. The van der Waals surface area contributed by atoms with Crippen LogP contribution >= 0.6 is 0 Å². The molecular formula is C12H20F3N3O2. The smallest absolute Gasteiger partial charge is 0.391 e. The molecule has 20 heavy (non-hydrogen) atoms. The van der Waals surface area contributed by atoms with E-state index in [-0.39, 0.29) is 43.6 Å². The molecule has 1 amide bonds. The van der Waals surface area contributed by atoms with Gasteiger partial charge in [-0.25, -0.2) is 0 Å². The summed E-state index contributed by atoms with van der Waals surface area (Å²) in [4.78, 5) is 13.6. The number of piperidine rings is 1. The number of alkyl halides is 3. The van der Waals surface area contributed by atoms with Crippen LogP contribution in [0.3, 0.4) is 0 Å². The maximum absolute atomic E-state index is 12.6. The molecule has 0 aromatic carbocycles. The lowest BCUT2D eigenvalue weighted by atomic mass is 9.90. The van der Waals surface area contributed by atoms with Crippen LogP contribution in [0.2, 0.25) is 0 Å². The second-order valence-electron chi connectivity index (χ2n) is 5.39. The fourth-order valence-electron chi connectivity index (χ4n) is 2.44. The van der Waals surface area contributed by atoms with Gasteiger partial charge in [0.25, 0.3) is 0 Å². The van der Waals surface area contributed by atoms with Gasteiger partial charge in [0.05, 0.1) is 5.92 Å². The lowest BCUT2D eigenvalue weighted by Crippen LogP contribution is -2.48. The fraction of sp³-hybridized carbons (Fsp3) is 0.833. The molecule has 0 aliphatic carbocycles. The lowest BCUT2D eigenvalue weighted by molar-refractivity contribution is -0.186. The van der Waals surface area contributed by atoms with E-state index in [1.165, 1.54) is 4.90 Å². The number of amidine groups is 1. The predicted molar refractivity (Wildman–Crippen MR) is 67.1 cm³/mol. The van der Waals surface area contributed by atoms with Crippen LogP contribution in [0.4, 0.5) is 13.2 Å².